The molecular weight excluding hydrogens is 196 g/mol. The lowest BCUT2D eigenvalue weighted by Gasteiger charge is -1.95. The van der Waals surface area contributed by atoms with Gasteiger partial charge in [-0.1, -0.05) is 23.5 Å². The molecule has 0 unspecified atom stereocenters. The second-order valence-electron chi connectivity index (χ2n) is 2.75. The topological polar surface area (TPSA) is 56.6 Å². The summed E-state index contributed by atoms with van der Waals surface area (Å²) in [7, 11) is 0. The Labute approximate surface area is 84.3 Å². The molecule has 0 aliphatic rings. The average Bonchev–Trinajstić information content (AvgIpc) is 2.65. The first kappa shape index (κ1) is 8.73. The van der Waals surface area contributed by atoms with Crippen LogP contribution in [0.4, 0.5) is 0 Å². The van der Waals surface area contributed by atoms with E-state index in [0.29, 0.717) is 5.56 Å². The number of hydrogen-bond donors (Lipinski definition) is 1. The zero-order valence-electron chi connectivity index (χ0n) is 7.15. The van der Waals surface area contributed by atoms with E-state index < -0.39 is 0 Å². The molecule has 0 saturated heterocycles. The van der Waals surface area contributed by atoms with Crippen LogP contribution in [-0.4, -0.2) is 4.98 Å². The van der Waals surface area contributed by atoms with Crippen LogP contribution >= 0.6 is 11.3 Å². The molecular formula is C10H6N2OS. The van der Waals surface area contributed by atoms with E-state index in [1.165, 1.54) is 0 Å². The van der Waals surface area contributed by atoms with Crippen LogP contribution in [0, 0.1) is 11.3 Å². The third-order valence-electron chi connectivity index (χ3n) is 1.85. The summed E-state index contributed by atoms with van der Waals surface area (Å²) in [5.74, 6) is 0. The van der Waals surface area contributed by atoms with E-state index in [1.807, 2.05) is 18.2 Å². The summed E-state index contributed by atoms with van der Waals surface area (Å²) < 4.78 is 0. The Morgan fingerprint density at radius 1 is 1.29 bits per heavy atom. The first-order valence-electron chi connectivity index (χ1n) is 3.98. The van der Waals surface area contributed by atoms with E-state index in [4.69, 9.17) is 5.26 Å². The van der Waals surface area contributed by atoms with E-state index in [9.17, 15) is 4.79 Å². The smallest absolute Gasteiger partial charge is 0.304 e. The number of thiazole rings is 1. The zero-order valence-corrected chi connectivity index (χ0v) is 7.97. The number of hydrogen-bond acceptors (Lipinski definition) is 3. The lowest BCUT2D eigenvalue weighted by molar-refractivity contribution is 1.34. The normalized spacial score (nSPS) is 9.64. The van der Waals surface area contributed by atoms with Gasteiger partial charge < -0.3 is 4.98 Å². The van der Waals surface area contributed by atoms with Gasteiger partial charge in [-0.2, -0.15) is 5.26 Å². The van der Waals surface area contributed by atoms with Crippen molar-refractivity contribution in [1.29, 1.82) is 5.26 Å². The second-order valence-corrected chi connectivity index (χ2v) is 3.59. The van der Waals surface area contributed by atoms with Gasteiger partial charge in [0.05, 0.1) is 17.3 Å². The van der Waals surface area contributed by atoms with E-state index in [0.717, 1.165) is 22.6 Å². The maximum absolute atomic E-state index is 10.9. The third kappa shape index (κ3) is 1.58. The first-order chi connectivity index (χ1) is 6.79. The molecule has 0 fully saturated rings. The summed E-state index contributed by atoms with van der Waals surface area (Å²) in [4.78, 5) is 13.5. The fraction of sp³-hybridized carbons (Fsp3) is 0. The molecule has 68 valence electrons. The lowest BCUT2D eigenvalue weighted by atomic mass is 10.1. The monoisotopic (exact) mass is 202 g/mol. The number of nitrogens with one attached hydrogen (secondary N) is 1. The SMILES string of the molecule is N#Cc1ccc(-c2csc(=O)[nH]2)cc1. The molecule has 1 heterocycles. The number of aromatic nitrogens is 1. The molecule has 0 amide bonds. The van der Waals surface area contributed by atoms with Crippen molar-refractivity contribution < 1.29 is 0 Å². The maximum atomic E-state index is 10.9. The van der Waals surface area contributed by atoms with E-state index in [-0.39, 0.29) is 4.87 Å². The Kier molecular flexibility index (Phi) is 2.17. The van der Waals surface area contributed by atoms with Crippen molar-refractivity contribution in [3.63, 3.8) is 0 Å². The van der Waals surface area contributed by atoms with E-state index >= 15 is 0 Å². The van der Waals surface area contributed by atoms with Crippen molar-refractivity contribution in [1.82, 2.24) is 4.98 Å². The van der Waals surface area contributed by atoms with Crippen LogP contribution in [0.5, 0.6) is 0 Å². The molecule has 1 aromatic carbocycles. The van der Waals surface area contributed by atoms with Gasteiger partial charge in [0.2, 0.25) is 0 Å². The van der Waals surface area contributed by atoms with Crippen LogP contribution in [0.15, 0.2) is 34.4 Å². The lowest BCUT2D eigenvalue weighted by Crippen LogP contribution is -1.92. The Morgan fingerprint density at radius 2 is 2.00 bits per heavy atom. The third-order valence-corrected chi connectivity index (χ3v) is 2.52. The molecule has 14 heavy (non-hydrogen) atoms. The van der Waals surface area contributed by atoms with Crippen molar-refractivity contribution in [2.75, 3.05) is 0 Å². The minimum absolute atomic E-state index is 0.0654. The highest BCUT2D eigenvalue weighted by atomic mass is 32.1. The van der Waals surface area contributed by atoms with Crippen molar-refractivity contribution in [2.45, 2.75) is 0 Å². The molecule has 2 rings (SSSR count). The fourth-order valence-corrected chi connectivity index (χ4v) is 1.73. The zero-order chi connectivity index (χ0) is 9.97. The minimum atomic E-state index is -0.0654. The molecule has 2 aromatic rings. The number of nitrogens with zero attached hydrogens (tertiary/aromatic N) is 1. The van der Waals surface area contributed by atoms with Gasteiger partial charge in [-0.25, -0.2) is 0 Å². The van der Waals surface area contributed by atoms with Crippen molar-refractivity contribution in [3.8, 4) is 17.3 Å². The summed E-state index contributed by atoms with van der Waals surface area (Å²) in [6.45, 7) is 0. The Balaban J connectivity index is 2.44. The number of benzene rings is 1. The summed E-state index contributed by atoms with van der Waals surface area (Å²) in [5, 5.41) is 10.4. The number of H-pyrrole nitrogens is 1. The van der Waals surface area contributed by atoms with Gasteiger partial charge in [0.1, 0.15) is 0 Å². The molecule has 0 saturated carbocycles. The van der Waals surface area contributed by atoms with Crippen LogP contribution in [0.2, 0.25) is 0 Å². The second kappa shape index (κ2) is 3.48. The molecule has 0 bridgehead atoms. The molecule has 3 nitrogen and oxygen atoms in total. The van der Waals surface area contributed by atoms with Crippen LogP contribution in [0.1, 0.15) is 5.56 Å². The van der Waals surface area contributed by atoms with Gasteiger partial charge in [0.15, 0.2) is 0 Å². The number of aromatic amines is 1. The number of nitriles is 1. The molecule has 1 aromatic heterocycles. The van der Waals surface area contributed by atoms with Gasteiger partial charge >= 0.3 is 4.87 Å². The molecule has 4 heteroatoms. The quantitative estimate of drug-likeness (QED) is 0.768. The fourth-order valence-electron chi connectivity index (χ4n) is 1.15. The van der Waals surface area contributed by atoms with Gasteiger partial charge in [0, 0.05) is 5.38 Å². The molecule has 0 aliphatic carbocycles. The molecule has 0 aliphatic heterocycles. The highest BCUT2D eigenvalue weighted by molar-refractivity contribution is 7.07. The van der Waals surface area contributed by atoms with Gasteiger partial charge in [-0.15, -0.1) is 0 Å². The maximum Gasteiger partial charge on any atom is 0.304 e. The standard InChI is InChI=1S/C10H6N2OS/c11-5-7-1-3-8(4-2-7)9-6-14-10(13)12-9/h1-4,6H,(H,12,13). The molecule has 0 atom stereocenters. The Bertz CT molecular complexity index is 530. The summed E-state index contributed by atoms with van der Waals surface area (Å²) in [6.07, 6.45) is 0. The predicted molar refractivity (Wildman–Crippen MR) is 55.1 cm³/mol. The molecule has 1 N–H and O–H groups in total. The summed E-state index contributed by atoms with van der Waals surface area (Å²) in [5.41, 5.74) is 2.33. The first-order valence-corrected chi connectivity index (χ1v) is 4.86. The summed E-state index contributed by atoms with van der Waals surface area (Å²) >= 11 is 1.13. The van der Waals surface area contributed by atoms with Crippen molar-refractivity contribution >= 4 is 11.3 Å². The predicted octanol–water partition coefficient (Wildman–Crippen LogP) is 1.98. The Morgan fingerprint density at radius 3 is 2.50 bits per heavy atom. The van der Waals surface area contributed by atoms with Crippen molar-refractivity contribution in [2.24, 2.45) is 0 Å². The van der Waals surface area contributed by atoms with Crippen LogP contribution in [0.25, 0.3) is 11.3 Å². The van der Waals surface area contributed by atoms with Gasteiger partial charge in [-0.3, -0.25) is 4.79 Å². The highest BCUT2D eigenvalue weighted by Gasteiger charge is 1.99. The Hall–Kier alpha value is -1.86. The van der Waals surface area contributed by atoms with Crippen LogP contribution in [0.3, 0.4) is 0 Å². The highest BCUT2D eigenvalue weighted by Crippen LogP contribution is 2.17. The number of rotatable bonds is 1. The van der Waals surface area contributed by atoms with Gasteiger partial charge in [-0.05, 0) is 17.7 Å². The van der Waals surface area contributed by atoms with Crippen molar-refractivity contribution in [3.05, 3.63) is 44.9 Å². The van der Waals surface area contributed by atoms with E-state index in [1.54, 1.807) is 17.5 Å². The average molecular weight is 202 g/mol. The van der Waals surface area contributed by atoms with E-state index in [2.05, 4.69) is 4.98 Å². The van der Waals surface area contributed by atoms with Crippen LogP contribution in [-0.2, 0) is 0 Å². The van der Waals surface area contributed by atoms with Crippen LogP contribution < -0.4 is 4.87 Å². The molecule has 0 spiro atoms. The summed E-state index contributed by atoms with van der Waals surface area (Å²) in [6, 6.07) is 9.13. The molecule has 0 radical (unpaired) electrons. The largest absolute Gasteiger partial charge is 0.312 e. The minimum Gasteiger partial charge on any atom is -0.312 e. The van der Waals surface area contributed by atoms with Gasteiger partial charge in [0.25, 0.3) is 0 Å².